The van der Waals surface area contributed by atoms with Gasteiger partial charge in [-0.15, -0.1) is 0 Å². The fourth-order valence-corrected chi connectivity index (χ4v) is 2.77. The Balaban J connectivity index is 2.25. The van der Waals surface area contributed by atoms with E-state index >= 15 is 0 Å². The molecule has 20 heavy (non-hydrogen) atoms. The molecule has 0 amide bonds. The molecule has 1 aliphatic heterocycles. The highest BCUT2D eigenvalue weighted by molar-refractivity contribution is 5.58. The summed E-state index contributed by atoms with van der Waals surface area (Å²) in [4.78, 5) is 11.5. The zero-order valence-corrected chi connectivity index (χ0v) is 13.2. The minimum Gasteiger partial charge on any atom is -0.356 e. The molecule has 2 rings (SSSR count). The van der Waals surface area contributed by atoms with E-state index in [2.05, 4.69) is 36.1 Å². The van der Waals surface area contributed by atoms with E-state index in [1.54, 1.807) is 0 Å². The molecular formula is C15H27N5. The molecule has 0 aliphatic carbocycles. The van der Waals surface area contributed by atoms with Crippen LogP contribution in [0.2, 0.25) is 0 Å². The highest BCUT2D eigenvalue weighted by Gasteiger charge is 2.29. The zero-order chi connectivity index (χ0) is 14.8. The summed E-state index contributed by atoms with van der Waals surface area (Å²) in [5, 5.41) is 0. The van der Waals surface area contributed by atoms with Crippen molar-refractivity contribution in [2.24, 2.45) is 11.3 Å². The molecule has 5 nitrogen and oxygen atoms in total. The zero-order valence-electron chi connectivity index (χ0n) is 13.2. The van der Waals surface area contributed by atoms with Gasteiger partial charge in [-0.3, -0.25) is 0 Å². The highest BCUT2D eigenvalue weighted by Crippen LogP contribution is 2.36. The van der Waals surface area contributed by atoms with Crippen molar-refractivity contribution in [1.29, 1.82) is 0 Å². The van der Waals surface area contributed by atoms with Crippen molar-refractivity contribution in [2.45, 2.75) is 53.4 Å². The molecule has 0 unspecified atom stereocenters. The van der Waals surface area contributed by atoms with Crippen molar-refractivity contribution >= 4 is 11.6 Å². The maximum absolute atomic E-state index is 5.58. The molecule has 1 aliphatic rings. The first-order chi connectivity index (χ1) is 9.53. The molecule has 1 aromatic rings. The summed E-state index contributed by atoms with van der Waals surface area (Å²) >= 11 is 0. The van der Waals surface area contributed by atoms with Gasteiger partial charge in [0.2, 0.25) is 0 Å². The summed E-state index contributed by atoms with van der Waals surface area (Å²) in [5.41, 5.74) is 4.23. The summed E-state index contributed by atoms with van der Waals surface area (Å²) in [6.07, 6.45) is 4.52. The van der Waals surface area contributed by atoms with E-state index in [1.165, 1.54) is 19.3 Å². The SMILES string of the molecule is CCc1nc(NN)c(C)c(N2CCC(C)(CC)CC2)n1. The Labute approximate surface area is 121 Å². The minimum absolute atomic E-state index is 0.486. The van der Waals surface area contributed by atoms with Crippen LogP contribution < -0.4 is 16.2 Å². The molecule has 0 spiro atoms. The summed E-state index contributed by atoms with van der Waals surface area (Å²) in [6.45, 7) is 10.9. The number of anilines is 2. The molecule has 1 fully saturated rings. The number of hydrazine groups is 1. The lowest BCUT2D eigenvalue weighted by Gasteiger charge is -2.40. The number of nitrogens with two attached hydrogens (primary N) is 1. The van der Waals surface area contributed by atoms with Gasteiger partial charge in [0.15, 0.2) is 0 Å². The molecule has 0 atom stereocenters. The molecule has 0 saturated carbocycles. The van der Waals surface area contributed by atoms with Gasteiger partial charge < -0.3 is 10.3 Å². The van der Waals surface area contributed by atoms with Crippen molar-refractivity contribution < 1.29 is 0 Å². The second-order valence-corrected chi connectivity index (χ2v) is 6.09. The third-order valence-electron chi connectivity index (χ3n) is 4.74. The first kappa shape index (κ1) is 15.0. The number of nitrogen functional groups attached to an aromatic ring is 1. The van der Waals surface area contributed by atoms with Crippen molar-refractivity contribution in [3.05, 3.63) is 11.4 Å². The maximum atomic E-state index is 5.58. The van der Waals surface area contributed by atoms with E-state index in [1.807, 2.05) is 6.92 Å². The van der Waals surface area contributed by atoms with E-state index in [4.69, 9.17) is 10.8 Å². The van der Waals surface area contributed by atoms with Crippen LogP contribution in [0.3, 0.4) is 0 Å². The molecule has 1 aromatic heterocycles. The quantitative estimate of drug-likeness (QED) is 0.654. The largest absolute Gasteiger partial charge is 0.356 e. The standard InChI is InChI=1S/C15H27N5/c1-5-12-17-13(19-16)11(3)14(18-12)20-9-7-15(4,6-2)8-10-20/h5-10,16H2,1-4H3,(H,17,18,19). The number of piperidine rings is 1. The Morgan fingerprint density at radius 2 is 1.90 bits per heavy atom. The fourth-order valence-electron chi connectivity index (χ4n) is 2.77. The highest BCUT2D eigenvalue weighted by atomic mass is 15.3. The second kappa shape index (κ2) is 5.95. The van der Waals surface area contributed by atoms with E-state index in [0.29, 0.717) is 5.41 Å². The maximum Gasteiger partial charge on any atom is 0.148 e. The summed E-state index contributed by atoms with van der Waals surface area (Å²) < 4.78 is 0. The predicted octanol–water partition coefficient (Wildman–Crippen LogP) is 2.65. The molecule has 2 heterocycles. The monoisotopic (exact) mass is 277 g/mol. The molecule has 0 aromatic carbocycles. The van der Waals surface area contributed by atoms with E-state index in [9.17, 15) is 0 Å². The first-order valence-electron chi connectivity index (χ1n) is 7.62. The third-order valence-corrected chi connectivity index (χ3v) is 4.74. The predicted molar refractivity (Wildman–Crippen MR) is 83.8 cm³/mol. The van der Waals surface area contributed by atoms with Crippen LogP contribution in [0.25, 0.3) is 0 Å². The van der Waals surface area contributed by atoms with Crippen molar-refractivity contribution in [3.63, 3.8) is 0 Å². The van der Waals surface area contributed by atoms with Crippen molar-refractivity contribution in [3.8, 4) is 0 Å². The number of aryl methyl sites for hydroxylation is 1. The van der Waals surface area contributed by atoms with Crippen LogP contribution >= 0.6 is 0 Å². The van der Waals surface area contributed by atoms with Gasteiger partial charge in [-0.25, -0.2) is 15.8 Å². The Morgan fingerprint density at radius 3 is 2.40 bits per heavy atom. The Kier molecular flexibility index (Phi) is 4.48. The fraction of sp³-hybridized carbons (Fsp3) is 0.733. The van der Waals surface area contributed by atoms with Crippen LogP contribution in [-0.2, 0) is 6.42 Å². The lowest BCUT2D eigenvalue weighted by molar-refractivity contribution is 0.237. The van der Waals surface area contributed by atoms with Crippen LogP contribution in [-0.4, -0.2) is 23.1 Å². The lowest BCUT2D eigenvalue weighted by atomic mass is 9.78. The molecule has 0 bridgehead atoms. The molecular weight excluding hydrogens is 250 g/mol. The van der Waals surface area contributed by atoms with Crippen LogP contribution in [0.5, 0.6) is 0 Å². The van der Waals surface area contributed by atoms with Gasteiger partial charge in [-0.05, 0) is 25.2 Å². The van der Waals surface area contributed by atoms with Crippen LogP contribution in [0, 0.1) is 12.3 Å². The Hall–Kier alpha value is -1.36. The van der Waals surface area contributed by atoms with Gasteiger partial charge in [0.05, 0.1) is 0 Å². The average molecular weight is 277 g/mol. The number of hydrogen-bond acceptors (Lipinski definition) is 5. The Morgan fingerprint density at radius 1 is 1.25 bits per heavy atom. The molecule has 1 saturated heterocycles. The van der Waals surface area contributed by atoms with Crippen LogP contribution in [0.4, 0.5) is 11.6 Å². The van der Waals surface area contributed by atoms with Gasteiger partial charge in [-0.1, -0.05) is 27.2 Å². The summed E-state index contributed by atoms with van der Waals surface area (Å²) in [6, 6.07) is 0. The van der Waals surface area contributed by atoms with Crippen LogP contribution in [0.1, 0.15) is 51.4 Å². The molecule has 3 N–H and O–H groups in total. The van der Waals surface area contributed by atoms with E-state index in [-0.39, 0.29) is 0 Å². The van der Waals surface area contributed by atoms with Gasteiger partial charge in [0.25, 0.3) is 0 Å². The average Bonchev–Trinajstić information content (AvgIpc) is 2.48. The van der Waals surface area contributed by atoms with E-state index < -0.39 is 0 Å². The van der Waals surface area contributed by atoms with Crippen LogP contribution in [0.15, 0.2) is 0 Å². The molecule has 0 radical (unpaired) electrons. The van der Waals surface area contributed by atoms with Gasteiger partial charge >= 0.3 is 0 Å². The number of rotatable bonds is 4. The van der Waals surface area contributed by atoms with Crippen molar-refractivity contribution in [2.75, 3.05) is 23.4 Å². The normalized spacial score (nSPS) is 18.1. The topological polar surface area (TPSA) is 67.1 Å². The van der Waals surface area contributed by atoms with Gasteiger partial charge in [-0.2, -0.15) is 0 Å². The number of aromatic nitrogens is 2. The lowest BCUT2D eigenvalue weighted by Crippen LogP contribution is -2.39. The van der Waals surface area contributed by atoms with E-state index in [0.717, 1.165) is 42.5 Å². The van der Waals surface area contributed by atoms with Gasteiger partial charge in [0, 0.05) is 25.1 Å². The molecule has 112 valence electrons. The minimum atomic E-state index is 0.486. The second-order valence-electron chi connectivity index (χ2n) is 6.09. The number of nitrogens with one attached hydrogen (secondary N) is 1. The third kappa shape index (κ3) is 2.87. The number of nitrogens with zero attached hydrogens (tertiary/aromatic N) is 3. The van der Waals surface area contributed by atoms with Crippen molar-refractivity contribution in [1.82, 2.24) is 9.97 Å². The smallest absolute Gasteiger partial charge is 0.148 e. The first-order valence-corrected chi connectivity index (χ1v) is 7.62. The van der Waals surface area contributed by atoms with Gasteiger partial charge in [0.1, 0.15) is 17.5 Å². The summed E-state index contributed by atoms with van der Waals surface area (Å²) in [7, 11) is 0. The molecule has 5 heteroatoms. The summed E-state index contributed by atoms with van der Waals surface area (Å²) in [5.74, 6) is 8.22. The Bertz CT molecular complexity index is 464. The number of hydrogen-bond donors (Lipinski definition) is 2.